The van der Waals surface area contributed by atoms with E-state index in [1.807, 2.05) is 12.1 Å². The van der Waals surface area contributed by atoms with Crippen LogP contribution in [0.15, 0.2) is 33.8 Å². The largest absolute Gasteiger partial charge is 0.494 e. The Morgan fingerprint density at radius 3 is 2.66 bits per heavy atom. The number of hydrogen-bond donors (Lipinski definition) is 2. The van der Waals surface area contributed by atoms with E-state index in [2.05, 4.69) is 46.5 Å². The van der Waals surface area contributed by atoms with Crippen LogP contribution in [0.2, 0.25) is 0 Å². The fourth-order valence-corrected chi connectivity index (χ4v) is 3.65. The Morgan fingerprint density at radius 1 is 1.31 bits per heavy atom. The maximum Gasteiger partial charge on any atom is 0.191 e. The number of ether oxygens (including phenoxy) is 1. The number of hydrogen-bond acceptors (Lipinski definition) is 5. The van der Waals surface area contributed by atoms with E-state index in [1.165, 1.54) is 7.11 Å². The minimum Gasteiger partial charge on any atom is -0.494 e. The predicted molar refractivity (Wildman–Crippen MR) is 135 cm³/mol. The van der Waals surface area contributed by atoms with Crippen LogP contribution >= 0.6 is 24.0 Å². The third-order valence-corrected chi connectivity index (χ3v) is 5.46. The molecule has 2 N–H and O–H groups in total. The SMILES string of the molecule is CCNC(=NCc1cc(C(C)C)no1)NC1CCN(Cc2ccc(OC)c(F)c2)CC1.I. The van der Waals surface area contributed by atoms with Crippen molar-refractivity contribution >= 4 is 29.9 Å². The van der Waals surface area contributed by atoms with E-state index in [0.29, 0.717) is 18.5 Å². The van der Waals surface area contributed by atoms with Crippen LogP contribution in [-0.2, 0) is 13.1 Å². The van der Waals surface area contributed by atoms with Gasteiger partial charge in [-0.05, 0) is 43.4 Å². The molecule has 9 heteroatoms. The molecule has 2 heterocycles. The van der Waals surface area contributed by atoms with Crippen LogP contribution in [0.5, 0.6) is 5.75 Å². The Morgan fingerprint density at radius 2 is 2.06 bits per heavy atom. The molecular formula is C23H35FIN5O2. The molecule has 1 aliphatic heterocycles. The van der Waals surface area contributed by atoms with E-state index in [9.17, 15) is 4.39 Å². The van der Waals surface area contributed by atoms with Crippen molar-refractivity contribution in [2.45, 2.75) is 58.7 Å². The van der Waals surface area contributed by atoms with E-state index in [-0.39, 0.29) is 35.5 Å². The van der Waals surface area contributed by atoms with Crippen LogP contribution in [-0.4, -0.2) is 48.8 Å². The van der Waals surface area contributed by atoms with Crippen LogP contribution < -0.4 is 15.4 Å². The number of methoxy groups -OCH3 is 1. The fourth-order valence-electron chi connectivity index (χ4n) is 3.65. The first-order valence-corrected chi connectivity index (χ1v) is 11.0. The summed E-state index contributed by atoms with van der Waals surface area (Å²) in [5.41, 5.74) is 1.92. The molecule has 1 aliphatic rings. The van der Waals surface area contributed by atoms with Gasteiger partial charge in [-0.25, -0.2) is 9.38 Å². The van der Waals surface area contributed by atoms with Crippen LogP contribution in [0.3, 0.4) is 0 Å². The molecule has 3 rings (SSSR count). The summed E-state index contributed by atoms with van der Waals surface area (Å²) in [4.78, 5) is 7.01. The summed E-state index contributed by atoms with van der Waals surface area (Å²) in [5, 5.41) is 10.9. The molecule has 0 aliphatic carbocycles. The molecule has 32 heavy (non-hydrogen) atoms. The van der Waals surface area contributed by atoms with Crippen molar-refractivity contribution in [3.63, 3.8) is 0 Å². The summed E-state index contributed by atoms with van der Waals surface area (Å²) in [7, 11) is 1.48. The number of halogens is 2. The van der Waals surface area contributed by atoms with Crippen LogP contribution in [0.25, 0.3) is 0 Å². The minimum atomic E-state index is -0.310. The highest BCUT2D eigenvalue weighted by atomic mass is 127. The smallest absolute Gasteiger partial charge is 0.191 e. The van der Waals surface area contributed by atoms with Crippen molar-refractivity contribution in [2.24, 2.45) is 4.99 Å². The maximum atomic E-state index is 13.9. The van der Waals surface area contributed by atoms with Crippen LogP contribution in [0.1, 0.15) is 56.5 Å². The van der Waals surface area contributed by atoms with E-state index >= 15 is 0 Å². The number of guanidine groups is 1. The van der Waals surface area contributed by atoms with E-state index in [4.69, 9.17) is 9.26 Å². The van der Waals surface area contributed by atoms with Crippen molar-refractivity contribution in [3.05, 3.63) is 47.1 Å². The molecule has 0 unspecified atom stereocenters. The molecule has 2 aromatic rings. The Hall–Kier alpha value is -1.88. The number of rotatable bonds is 8. The van der Waals surface area contributed by atoms with Gasteiger partial charge in [0.2, 0.25) is 0 Å². The molecule has 1 aromatic heterocycles. The highest BCUT2D eigenvalue weighted by Crippen LogP contribution is 2.20. The van der Waals surface area contributed by atoms with Crippen molar-refractivity contribution in [1.29, 1.82) is 0 Å². The fraction of sp³-hybridized carbons (Fsp3) is 0.565. The Bertz CT molecular complexity index is 866. The zero-order valence-corrected chi connectivity index (χ0v) is 21.7. The van der Waals surface area contributed by atoms with E-state index in [0.717, 1.165) is 62.0 Å². The van der Waals surface area contributed by atoms with Crippen LogP contribution in [0.4, 0.5) is 4.39 Å². The zero-order valence-electron chi connectivity index (χ0n) is 19.4. The number of nitrogens with one attached hydrogen (secondary N) is 2. The lowest BCUT2D eigenvalue weighted by atomic mass is 10.0. The lowest BCUT2D eigenvalue weighted by Gasteiger charge is -2.33. The topological polar surface area (TPSA) is 74.9 Å². The van der Waals surface area contributed by atoms with Gasteiger partial charge in [0.05, 0.1) is 12.8 Å². The van der Waals surface area contributed by atoms with Gasteiger partial charge in [-0.1, -0.05) is 25.1 Å². The van der Waals surface area contributed by atoms with Gasteiger partial charge < -0.3 is 19.9 Å². The predicted octanol–water partition coefficient (Wildman–Crippen LogP) is 4.28. The lowest BCUT2D eigenvalue weighted by Crippen LogP contribution is -2.48. The number of aliphatic imine (C=N–C) groups is 1. The molecule has 1 aromatic carbocycles. The number of likely N-dealkylation sites (tertiary alicyclic amines) is 1. The quantitative estimate of drug-likeness (QED) is 0.286. The minimum absolute atomic E-state index is 0. The number of benzene rings is 1. The van der Waals surface area contributed by atoms with Crippen molar-refractivity contribution in [3.8, 4) is 5.75 Å². The second-order valence-electron chi connectivity index (χ2n) is 8.23. The highest BCUT2D eigenvalue weighted by Gasteiger charge is 2.20. The third-order valence-electron chi connectivity index (χ3n) is 5.46. The van der Waals surface area contributed by atoms with Crippen LogP contribution in [0, 0.1) is 5.82 Å². The van der Waals surface area contributed by atoms with Crippen molar-refractivity contribution in [1.82, 2.24) is 20.7 Å². The van der Waals surface area contributed by atoms with Gasteiger partial charge in [0.25, 0.3) is 0 Å². The van der Waals surface area contributed by atoms with Gasteiger partial charge in [-0.15, -0.1) is 24.0 Å². The Balaban J connectivity index is 0.00000363. The monoisotopic (exact) mass is 559 g/mol. The summed E-state index contributed by atoms with van der Waals surface area (Å²) in [6.07, 6.45) is 2.01. The summed E-state index contributed by atoms with van der Waals surface area (Å²) in [6, 6.07) is 7.50. The molecule has 178 valence electrons. The second kappa shape index (κ2) is 13.0. The number of piperidine rings is 1. The molecule has 0 saturated carbocycles. The number of nitrogens with zero attached hydrogens (tertiary/aromatic N) is 3. The average Bonchev–Trinajstić information content (AvgIpc) is 3.23. The molecule has 0 atom stereocenters. The van der Waals surface area contributed by atoms with Crippen molar-refractivity contribution in [2.75, 3.05) is 26.7 Å². The molecule has 1 saturated heterocycles. The second-order valence-corrected chi connectivity index (χ2v) is 8.23. The number of aromatic nitrogens is 1. The third kappa shape index (κ3) is 7.61. The molecule has 1 fully saturated rings. The highest BCUT2D eigenvalue weighted by molar-refractivity contribution is 14.0. The molecule has 0 spiro atoms. The van der Waals surface area contributed by atoms with Gasteiger partial charge >= 0.3 is 0 Å². The van der Waals surface area contributed by atoms with Gasteiger partial charge in [0.1, 0.15) is 6.54 Å². The summed E-state index contributed by atoms with van der Waals surface area (Å²) in [5.74, 6) is 1.87. The molecule has 0 bridgehead atoms. The first-order chi connectivity index (χ1) is 15.0. The molecule has 0 radical (unpaired) electrons. The van der Waals surface area contributed by atoms with Gasteiger partial charge in [-0.2, -0.15) is 0 Å². The van der Waals surface area contributed by atoms with Gasteiger partial charge in [0, 0.05) is 38.3 Å². The first kappa shape index (κ1) is 26.4. The van der Waals surface area contributed by atoms with Gasteiger partial charge in [0.15, 0.2) is 23.3 Å². The first-order valence-electron chi connectivity index (χ1n) is 11.0. The summed E-state index contributed by atoms with van der Waals surface area (Å²) >= 11 is 0. The zero-order chi connectivity index (χ0) is 22.2. The maximum absolute atomic E-state index is 13.9. The lowest BCUT2D eigenvalue weighted by molar-refractivity contribution is 0.198. The standard InChI is InChI=1S/C23H34FN5O2.HI/c1-5-25-23(26-14-19-13-21(16(2)3)28-31-19)27-18-8-10-29(11-9-18)15-17-6-7-22(30-4)20(24)12-17;/h6-7,12-13,16,18H,5,8-11,14-15H2,1-4H3,(H2,25,26,27);1H. The van der Waals surface area contributed by atoms with Gasteiger partial charge in [-0.3, -0.25) is 4.90 Å². The Labute approximate surface area is 207 Å². The summed E-state index contributed by atoms with van der Waals surface area (Å²) < 4.78 is 24.3. The normalized spacial score (nSPS) is 15.5. The van der Waals surface area contributed by atoms with Crippen molar-refractivity contribution < 1.29 is 13.7 Å². The molecule has 0 amide bonds. The van der Waals surface area contributed by atoms with E-state index in [1.54, 1.807) is 12.1 Å². The Kier molecular flexibility index (Phi) is 10.7. The molecular weight excluding hydrogens is 524 g/mol. The summed E-state index contributed by atoms with van der Waals surface area (Å²) in [6.45, 7) is 10.1. The average molecular weight is 559 g/mol. The molecule has 7 nitrogen and oxygen atoms in total. The van der Waals surface area contributed by atoms with E-state index < -0.39 is 0 Å².